The Hall–Kier alpha value is -0.440. The number of halogens is 3. The van der Waals surface area contributed by atoms with Crippen molar-refractivity contribution in [3.63, 3.8) is 0 Å². The summed E-state index contributed by atoms with van der Waals surface area (Å²) < 4.78 is 26.1. The molecule has 0 unspecified atom stereocenters. The molecule has 1 rings (SSSR count). The fraction of sp³-hybridized carbons (Fsp3) is 0.400. The quantitative estimate of drug-likeness (QED) is 0.564. The molecular formula is C10H11BrF2. The van der Waals surface area contributed by atoms with Gasteiger partial charge < -0.3 is 0 Å². The number of hydrogen-bond acceptors (Lipinski definition) is 0. The summed E-state index contributed by atoms with van der Waals surface area (Å²) in [6, 6.07) is 3.98. The lowest BCUT2D eigenvalue weighted by Gasteiger charge is -2.03. The maximum Gasteiger partial charge on any atom is 0.129 e. The number of unbranched alkanes of at least 4 members (excludes halogenated alkanes) is 1. The summed E-state index contributed by atoms with van der Waals surface area (Å²) in [5.74, 6) is -0.871. The van der Waals surface area contributed by atoms with Gasteiger partial charge in [0.1, 0.15) is 11.6 Å². The van der Waals surface area contributed by atoms with Crippen molar-refractivity contribution < 1.29 is 8.78 Å². The van der Waals surface area contributed by atoms with Crippen LogP contribution in [-0.2, 0) is 6.42 Å². The summed E-state index contributed by atoms with van der Waals surface area (Å²) in [5.41, 5.74) is 0.212. The van der Waals surface area contributed by atoms with Gasteiger partial charge in [-0.25, -0.2) is 8.78 Å². The van der Waals surface area contributed by atoms with Gasteiger partial charge in [0.05, 0.1) is 0 Å². The Morgan fingerprint density at radius 2 is 1.69 bits per heavy atom. The molecule has 0 fully saturated rings. The molecule has 0 atom stereocenters. The fourth-order valence-corrected chi connectivity index (χ4v) is 1.56. The van der Waals surface area contributed by atoms with Gasteiger partial charge in [0.15, 0.2) is 0 Å². The molecule has 72 valence electrons. The first-order valence-electron chi connectivity index (χ1n) is 4.24. The van der Waals surface area contributed by atoms with E-state index in [9.17, 15) is 8.78 Å². The lowest BCUT2D eigenvalue weighted by Crippen LogP contribution is -1.95. The van der Waals surface area contributed by atoms with Crippen LogP contribution in [0.2, 0.25) is 0 Å². The third-order valence-electron chi connectivity index (χ3n) is 1.87. The van der Waals surface area contributed by atoms with E-state index < -0.39 is 11.6 Å². The van der Waals surface area contributed by atoms with E-state index in [1.807, 2.05) is 0 Å². The van der Waals surface area contributed by atoms with Crippen molar-refractivity contribution in [2.75, 3.05) is 5.33 Å². The van der Waals surface area contributed by atoms with Gasteiger partial charge in [-0.05, 0) is 31.4 Å². The minimum atomic E-state index is -0.436. The second-order valence-electron chi connectivity index (χ2n) is 2.85. The van der Waals surface area contributed by atoms with Crippen LogP contribution in [-0.4, -0.2) is 5.33 Å². The molecule has 0 heterocycles. The summed E-state index contributed by atoms with van der Waals surface area (Å²) in [4.78, 5) is 0. The van der Waals surface area contributed by atoms with Gasteiger partial charge in [-0.15, -0.1) is 0 Å². The summed E-state index contributed by atoms with van der Waals surface area (Å²) in [7, 11) is 0. The minimum Gasteiger partial charge on any atom is -0.207 e. The number of hydrogen-bond donors (Lipinski definition) is 0. The van der Waals surface area contributed by atoms with Crippen LogP contribution >= 0.6 is 15.9 Å². The van der Waals surface area contributed by atoms with E-state index in [1.54, 1.807) is 0 Å². The molecule has 1 aromatic carbocycles. The second kappa shape index (κ2) is 5.32. The first-order valence-corrected chi connectivity index (χ1v) is 5.36. The van der Waals surface area contributed by atoms with Gasteiger partial charge in [0, 0.05) is 10.9 Å². The number of alkyl halides is 1. The summed E-state index contributed by atoms with van der Waals surface area (Å²) in [6.07, 6.45) is 2.22. The standard InChI is InChI=1S/C10H11BrF2/c11-7-2-1-4-8-9(12)5-3-6-10(8)13/h3,5-6H,1-2,4,7H2. The normalized spacial score (nSPS) is 10.4. The molecule has 0 bridgehead atoms. The minimum absolute atomic E-state index is 0.212. The van der Waals surface area contributed by atoms with Gasteiger partial charge in [-0.3, -0.25) is 0 Å². The van der Waals surface area contributed by atoms with Crippen molar-refractivity contribution >= 4 is 15.9 Å². The van der Waals surface area contributed by atoms with Crippen LogP contribution in [0.25, 0.3) is 0 Å². The topological polar surface area (TPSA) is 0 Å². The fourth-order valence-electron chi connectivity index (χ4n) is 1.17. The molecule has 3 heteroatoms. The van der Waals surface area contributed by atoms with E-state index in [1.165, 1.54) is 18.2 Å². The van der Waals surface area contributed by atoms with Gasteiger partial charge >= 0.3 is 0 Å². The maximum atomic E-state index is 13.0. The van der Waals surface area contributed by atoms with Crippen LogP contribution in [0.1, 0.15) is 18.4 Å². The molecule has 0 saturated carbocycles. The molecule has 0 nitrogen and oxygen atoms in total. The van der Waals surface area contributed by atoms with Gasteiger partial charge in [0.25, 0.3) is 0 Å². The molecular weight excluding hydrogens is 238 g/mol. The molecule has 0 spiro atoms. The highest BCUT2D eigenvalue weighted by Crippen LogP contribution is 2.14. The molecule has 0 saturated heterocycles. The van der Waals surface area contributed by atoms with Crippen molar-refractivity contribution in [1.29, 1.82) is 0 Å². The van der Waals surface area contributed by atoms with E-state index in [-0.39, 0.29) is 5.56 Å². The van der Waals surface area contributed by atoms with Gasteiger partial charge in [-0.2, -0.15) is 0 Å². The third kappa shape index (κ3) is 3.07. The van der Waals surface area contributed by atoms with Crippen LogP contribution < -0.4 is 0 Å². The summed E-state index contributed by atoms with van der Waals surface area (Å²) in [6.45, 7) is 0. The zero-order chi connectivity index (χ0) is 9.68. The zero-order valence-corrected chi connectivity index (χ0v) is 8.78. The summed E-state index contributed by atoms with van der Waals surface area (Å²) >= 11 is 3.27. The summed E-state index contributed by atoms with van der Waals surface area (Å²) in [5, 5.41) is 0.878. The Kier molecular flexibility index (Phi) is 4.36. The van der Waals surface area contributed by atoms with Crippen molar-refractivity contribution in [3.8, 4) is 0 Å². The smallest absolute Gasteiger partial charge is 0.129 e. The highest BCUT2D eigenvalue weighted by atomic mass is 79.9. The largest absolute Gasteiger partial charge is 0.207 e. The van der Waals surface area contributed by atoms with E-state index in [0.717, 1.165) is 18.2 Å². The predicted molar refractivity (Wildman–Crippen MR) is 53.1 cm³/mol. The van der Waals surface area contributed by atoms with E-state index in [2.05, 4.69) is 15.9 Å². The first kappa shape index (κ1) is 10.6. The maximum absolute atomic E-state index is 13.0. The first-order chi connectivity index (χ1) is 6.25. The monoisotopic (exact) mass is 248 g/mol. The van der Waals surface area contributed by atoms with Crippen LogP contribution in [0.5, 0.6) is 0 Å². The highest BCUT2D eigenvalue weighted by Gasteiger charge is 2.06. The van der Waals surface area contributed by atoms with Crippen LogP contribution in [0.3, 0.4) is 0 Å². The highest BCUT2D eigenvalue weighted by molar-refractivity contribution is 9.09. The van der Waals surface area contributed by atoms with Crippen molar-refractivity contribution in [1.82, 2.24) is 0 Å². The Morgan fingerprint density at radius 1 is 1.08 bits per heavy atom. The van der Waals surface area contributed by atoms with E-state index in [4.69, 9.17) is 0 Å². The molecule has 0 N–H and O–H groups in total. The molecule has 13 heavy (non-hydrogen) atoms. The van der Waals surface area contributed by atoms with Crippen molar-refractivity contribution in [3.05, 3.63) is 35.4 Å². The lowest BCUT2D eigenvalue weighted by molar-refractivity contribution is 0.549. The predicted octanol–water partition coefficient (Wildman–Crippen LogP) is 3.68. The van der Waals surface area contributed by atoms with Crippen LogP contribution in [0.15, 0.2) is 18.2 Å². The molecule has 0 aliphatic carbocycles. The third-order valence-corrected chi connectivity index (χ3v) is 2.43. The zero-order valence-electron chi connectivity index (χ0n) is 7.19. The van der Waals surface area contributed by atoms with E-state index >= 15 is 0 Å². The van der Waals surface area contributed by atoms with Crippen molar-refractivity contribution in [2.24, 2.45) is 0 Å². The Labute approximate surface area is 85.1 Å². The Balaban J connectivity index is 2.64. The molecule has 0 aliphatic rings. The van der Waals surface area contributed by atoms with Gasteiger partial charge in [0.2, 0.25) is 0 Å². The second-order valence-corrected chi connectivity index (χ2v) is 3.64. The number of benzene rings is 1. The molecule has 1 aromatic rings. The Bertz CT molecular complexity index is 253. The van der Waals surface area contributed by atoms with Crippen molar-refractivity contribution in [2.45, 2.75) is 19.3 Å². The van der Waals surface area contributed by atoms with Crippen LogP contribution in [0.4, 0.5) is 8.78 Å². The lowest BCUT2D eigenvalue weighted by atomic mass is 10.1. The van der Waals surface area contributed by atoms with Crippen LogP contribution in [0, 0.1) is 11.6 Å². The SMILES string of the molecule is Fc1cccc(F)c1CCCCBr. The molecule has 0 radical (unpaired) electrons. The Morgan fingerprint density at radius 3 is 2.23 bits per heavy atom. The van der Waals surface area contributed by atoms with E-state index in [0.29, 0.717) is 6.42 Å². The molecule has 0 aliphatic heterocycles. The molecule has 0 amide bonds. The van der Waals surface area contributed by atoms with Gasteiger partial charge in [-0.1, -0.05) is 22.0 Å². The number of rotatable bonds is 4. The average Bonchev–Trinajstić information content (AvgIpc) is 2.10. The molecule has 0 aromatic heterocycles. The average molecular weight is 249 g/mol.